The Balaban J connectivity index is 1.65. The van der Waals surface area contributed by atoms with E-state index in [1.807, 2.05) is 0 Å². The van der Waals surface area contributed by atoms with Crippen LogP contribution in [0.5, 0.6) is 0 Å². The number of carbonyl (C=O) groups is 1. The monoisotopic (exact) mass is 314 g/mol. The summed E-state index contributed by atoms with van der Waals surface area (Å²) in [7, 11) is 0. The molecule has 4 aliphatic carbocycles. The van der Waals surface area contributed by atoms with E-state index >= 15 is 0 Å². The Morgan fingerprint density at radius 2 is 1.87 bits per heavy atom. The summed E-state index contributed by atoms with van der Waals surface area (Å²) in [6.45, 7) is 4.69. The third-order valence-electron chi connectivity index (χ3n) is 8.60. The number of hydrogen-bond donors (Lipinski definition) is 1. The second-order valence-corrected chi connectivity index (χ2v) is 9.36. The average Bonchev–Trinajstić information content (AvgIpc) is 2.79. The Morgan fingerprint density at radius 1 is 1.09 bits per heavy atom. The molecule has 2 nitrogen and oxygen atoms in total. The molecule has 4 aliphatic rings. The fraction of sp³-hybridized carbons (Fsp3) is 0.857. The van der Waals surface area contributed by atoms with E-state index in [4.69, 9.17) is 6.42 Å². The van der Waals surface area contributed by atoms with Crippen molar-refractivity contribution in [3.05, 3.63) is 0 Å². The van der Waals surface area contributed by atoms with Crippen molar-refractivity contribution >= 4 is 5.78 Å². The summed E-state index contributed by atoms with van der Waals surface area (Å²) in [5.74, 6) is 5.58. The molecule has 4 saturated carbocycles. The van der Waals surface area contributed by atoms with Crippen molar-refractivity contribution in [1.82, 2.24) is 0 Å². The zero-order valence-corrected chi connectivity index (χ0v) is 14.6. The van der Waals surface area contributed by atoms with Crippen molar-refractivity contribution in [2.24, 2.45) is 40.4 Å². The van der Waals surface area contributed by atoms with Crippen LogP contribution in [-0.2, 0) is 4.79 Å². The van der Waals surface area contributed by atoms with E-state index in [1.54, 1.807) is 0 Å². The molecule has 1 N–H and O–H groups in total. The molecule has 0 aromatic heterocycles. The molecule has 4 fully saturated rings. The number of terminal acetylenes is 1. The van der Waals surface area contributed by atoms with E-state index in [0.29, 0.717) is 29.0 Å². The van der Waals surface area contributed by atoms with Crippen LogP contribution < -0.4 is 0 Å². The van der Waals surface area contributed by atoms with Gasteiger partial charge in [-0.15, -0.1) is 6.42 Å². The van der Waals surface area contributed by atoms with Crippen molar-refractivity contribution in [3.63, 3.8) is 0 Å². The van der Waals surface area contributed by atoms with Crippen molar-refractivity contribution < 1.29 is 9.90 Å². The summed E-state index contributed by atoms with van der Waals surface area (Å²) in [5.41, 5.74) is 0.219. The number of fused-ring (bicyclic) bond motifs is 5. The maximum absolute atomic E-state index is 12.8. The lowest BCUT2D eigenvalue weighted by molar-refractivity contribution is -0.142. The Kier molecular flexibility index (Phi) is 3.48. The van der Waals surface area contributed by atoms with Crippen LogP contribution in [0, 0.1) is 52.8 Å². The first kappa shape index (κ1) is 15.7. The van der Waals surface area contributed by atoms with Crippen LogP contribution in [0.1, 0.15) is 65.2 Å². The Morgan fingerprint density at radius 3 is 2.61 bits per heavy atom. The topological polar surface area (TPSA) is 37.3 Å². The van der Waals surface area contributed by atoms with Crippen LogP contribution in [0.4, 0.5) is 0 Å². The predicted octanol–water partition coefficient (Wildman–Crippen LogP) is 3.82. The van der Waals surface area contributed by atoms with Gasteiger partial charge in [0, 0.05) is 5.41 Å². The first-order chi connectivity index (χ1) is 10.9. The molecule has 0 bridgehead atoms. The molecule has 4 rings (SSSR count). The van der Waals surface area contributed by atoms with E-state index in [2.05, 4.69) is 19.8 Å². The van der Waals surface area contributed by atoms with Gasteiger partial charge in [-0.25, -0.2) is 0 Å². The number of Topliss-reactive ketones (excluding diaryl/α,β-unsaturated/α-hetero) is 1. The smallest absolute Gasteiger partial charge is 0.153 e. The number of ketones is 1. The molecule has 3 unspecified atom stereocenters. The number of hydrogen-bond acceptors (Lipinski definition) is 2. The minimum atomic E-state index is -0.157. The number of aliphatic hydroxyl groups excluding tert-OH is 1. The molecule has 0 radical (unpaired) electrons. The van der Waals surface area contributed by atoms with Gasteiger partial charge < -0.3 is 5.11 Å². The first-order valence-corrected chi connectivity index (χ1v) is 9.58. The second-order valence-electron chi connectivity index (χ2n) is 9.36. The maximum Gasteiger partial charge on any atom is 0.153 e. The van der Waals surface area contributed by atoms with Crippen LogP contribution in [0.3, 0.4) is 0 Å². The third-order valence-corrected chi connectivity index (χ3v) is 8.60. The van der Waals surface area contributed by atoms with Gasteiger partial charge in [-0.3, -0.25) is 4.79 Å². The molecule has 0 saturated heterocycles. The molecule has 126 valence electrons. The SMILES string of the molecule is C#CC1C[C@H]2[C@@H]3CCC4CC(O)CC[C@]4(C)[C@@H]3CC[C@]2(C)C1=O. The molecule has 0 spiro atoms. The van der Waals surface area contributed by atoms with E-state index in [-0.39, 0.29) is 17.4 Å². The normalized spacial score (nSPS) is 55.5. The molecular weight excluding hydrogens is 284 g/mol. The molecule has 0 aromatic rings. The lowest BCUT2D eigenvalue weighted by Gasteiger charge is -2.60. The fourth-order valence-corrected chi connectivity index (χ4v) is 7.20. The van der Waals surface area contributed by atoms with Crippen molar-refractivity contribution in [3.8, 4) is 12.3 Å². The number of aliphatic hydroxyl groups is 1. The lowest BCUT2D eigenvalue weighted by Crippen LogP contribution is -2.54. The first-order valence-electron chi connectivity index (χ1n) is 9.58. The molecule has 2 heteroatoms. The number of carbonyl (C=O) groups excluding carboxylic acids is 1. The van der Waals surface area contributed by atoms with E-state index in [9.17, 15) is 9.90 Å². The molecule has 8 atom stereocenters. The van der Waals surface area contributed by atoms with Gasteiger partial charge in [-0.2, -0.15) is 0 Å². The largest absolute Gasteiger partial charge is 0.393 e. The van der Waals surface area contributed by atoms with Gasteiger partial charge in [0.05, 0.1) is 12.0 Å². The summed E-state index contributed by atoms with van der Waals surface area (Å²) < 4.78 is 0. The van der Waals surface area contributed by atoms with Crippen LogP contribution in [0.2, 0.25) is 0 Å². The summed E-state index contributed by atoms with van der Waals surface area (Å²) in [6.07, 6.45) is 14.3. The third kappa shape index (κ3) is 2.02. The standard InChI is InChI=1S/C21H30O2/c1-4-13-11-18-16-6-5-14-12-15(22)7-9-20(14,2)17(16)8-10-21(18,3)19(13)23/h1,13-18,22H,5-12H2,2-3H3/t13?,14?,15?,16-,17-,18+,20+,21+/m1/s1. The van der Waals surface area contributed by atoms with Crippen LogP contribution in [-0.4, -0.2) is 17.0 Å². The van der Waals surface area contributed by atoms with Crippen molar-refractivity contribution in [2.75, 3.05) is 0 Å². The maximum atomic E-state index is 12.8. The Hall–Kier alpha value is -0.810. The summed E-state index contributed by atoms with van der Waals surface area (Å²) >= 11 is 0. The molecular formula is C21H30O2. The highest BCUT2D eigenvalue weighted by atomic mass is 16.3. The lowest BCUT2D eigenvalue weighted by atomic mass is 9.45. The Bertz CT molecular complexity index is 561. The molecule has 0 amide bonds. The highest BCUT2D eigenvalue weighted by Crippen LogP contribution is 2.66. The summed E-state index contributed by atoms with van der Waals surface area (Å²) in [4.78, 5) is 12.8. The van der Waals surface area contributed by atoms with Gasteiger partial charge in [0.1, 0.15) is 0 Å². The van der Waals surface area contributed by atoms with Gasteiger partial charge in [0.15, 0.2) is 5.78 Å². The zero-order valence-electron chi connectivity index (χ0n) is 14.6. The van der Waals surface area contributed by atoms with Crippen LogP contribution in [0.25, 0.3) is 0 Å². The average molecular weight is 314 g/mol. The van der Waals surface area contributed by atoms with E-state index < -0.39 is 0 Å². The minimum absolute atomic E-state index is 0.0858. The van der Waals surface area contributed by atoms with Crippen LogP contribution in [0.15, 0.2) is 0 Å². The van der Waals surface area contributed by atoms with Gasteiger partial charge in [-0.1, -0.05) is 19.8 Å². The van der Waals surface area contributed by atoms with Crippen molar-refractivity contribution in [2.45, 2.75) is 71.3 Å². The molecule has 23 heavy (non-hydrogen) atoms. The molecule has 0 aromatic carbocycles. The highest BCUT2D eigenvalue weighted by molar-refractivity contribution is 5.91. The van der Waals surface area contributed by atoms with Gasteiger partial charge >= 0.3 is 0 Å². The zero-order chi connectivity index (χ0) is 16.4. The number of rotatable bonds is 0. The highest BCUT2D eigenvalue weighted by Gasteiger charge is 2.62. The van der Waals surface area contributed by atoms with Gasteiger partial charge in [0.25, 0.3) is 0 Å². The van der Waals surface area contributed by atoms with Crippen LogP contribution >= 0.6 is 0 Å². The minimum Gasteiger partial charge on any atom is -0.393 e. The van der Waals surface area contributed by atoms with Gasteiger partial charge in [-0.05, 0) is 80.5 Å². The Labute approximate surface area is 140 Å². The van der Waals surface area contributed by atoms with Gasteiger partial charge in [0.2, 0.25) is 0 Å². The van der Waals surface area contributed by atoms with E-state index in [0.717, 1.165) is 38.0 Å². The summed E-state index contributed by atoms with van der Waals surface area (Å²) in [6, 6.07) is 0. The second kappa shape index (κ2) is 5.09. The fourth-order valence-electron chi connectivity index (χ4n) is 7.20. The predicted molar refractivity (Wildman–Crippen MR) is 90.4 cm³/mol. The quantitative estimate of drug-likeness (QED) is 0.690. The summed E-state index contributed by atoms with van der Waals surface area (Å²) in [5, 5.41) is 10.1. The van der Waals surface area contributed by atoms with E-state index in [1.165, 1.54) is 19.3 Å². The van der Waals surface area contributed by atoms with Crippen molar-refractivity contribution in [1.29, 1.82) is 0 Å². The molecule has 0 aliphatic heterocycles. The molecule has 0 heterocycles.